The van der Waals surface area contributed by atoms with E-state index in [2.05, 4.69) is 35.3 Å². The first-order valence-electron chi connectivity index (χ1n) is 6.72. The van der Waals surface area contributed by atoms with Gasteiger partial charge in [0.05, 0.1) is 17.5 Å². The number of hydrogen-bond acceptors (Lipinski definition) is 4. The molecule has 1 saturated heterocycles. The van der Waals surface area contributed by atoms with E-state index >= 15 is 0 Å². The molecule has 0 aliphatic carbocycles. The largest absolute Gasteiger partial charge is 0.383 e. The van der Waals surface area contributed by atoms with Crippen LogP contribution in [0.5, 0.6) is 0 Å². The summed E-state index contributed by atoms with van der Waals surface area (Å²) in [6.07, 6.45) is 3.75. The number of ether oxygens (including phenoxy) is 1. The van der Waals surface area contributed by atoms with Crippen molar-refractivity contribution in [3.63, 3.8) is 0 Å². The molecule has 1 aliphatic rings. The topological polar surface area (TPSA) is 66.0 Å². The van der Waals surface area contributed by atoms with Gasteiger partial charge in [0, 0.05) is 12.3 Å². The van der Waals surface area contributed by atoms with Gasteiger partial charge in [0.15, 0.2) is 0 Å². The van der Waals surface area contributed by atoms with Gasteiger partial charge in [-0.3, -0.25) is 0 Å². The lowest BCUT2D eigenvalue weighted by Gasteiger charge is -2.25. The van der Waals surface area contributed by atoms with Crippen LogP contribution in [0.3, 0.4) is 0 Å². The van der Waals surface area contributed by atoms with Crippen LogP contribution in [-0.4, -0.2) is 26.7 Å². The minimum absolute atomic E-state index is 0.0944. The van der Waals surface area contributed by atoms with E-state index in [9.17, 15) is 0 Å². The van der Waals surface area contributed by atoms with E-state index in [1.807, 2.05) is 0 Å². The van der Waals surface area contributed by atoms with Crippen molar-refractivity contribution in [1.29, 1.82) is 0 Å². The van der Waals surface area contributed by atoms with Gasteiger partial charge in [0.1, 0.15) is 17.8 Å². The average Bonchev–Trinajstić information content (AvgIpc) is 2.89. The Hall–Kier alpha value is -1.62. The molecule has 1 aliphatic heterocycles. The van der Waals surface area contributed by atoms with Gasteiger partial charge in [-0.1, -0.05) is 0 Å². The van der Waals surface area contributed by atoms with Crippen LogP contribution in [0, 0.1) is 13.8 Å². The summed E-state index contributed by atoms with van der Waals surface area (Å²) in [5.74, 6) is 0.557. The maximum atomic E-state index is 5.98. The van der Waals surface area contributed by atoms with Crippen LogP contribution in [0.15, 0.2) is 6.33 Å². The van der Waals surface area contributed by atoms with Gasteiger partial charge in [-0.15, -0.1) is 0 Å². The number of anilines is 1. The van der Waals surface area contributed by atoms with Gasteiger partial charge < -0.3 is 15.0 Å². The lowest BCUT2D eigenvalue weighted by atomic mass is 10.0. The summed E-state index contributed by atoms with van der Waals surface area (Å²) in [5.41, 5.74) is 9.16. The minimum atomic E-state index is -0.0944. The Kier molecular flexibility index (Phi) is 2.74. The molecule has 19 heavy (non-hydrogen) atoms. The predicted octanol–water partition coefficient (Wildman–Crippen LogP) is 2.20. The Morgan fingerprint density at radius 2 is 2.21 bits per heavy atom. The van der Waals surface area contributed by atoms with Crippen molar-refractivity contribution in [3.8, 4) is 0 Å². The first-order valence-corrected chi connectivity index (χ1v) is 6.72. The van der Waals surface area contributed by atoms with Crippen molar-refractivity contribution in [2.24, 2.45) is 0 Å². The lowest BCUT2D eigenvalue weighted by Crippen LogP contribution is -2.30. The third-order valence-corrected chi connectivity index (χ3v) is 4.23. The molecule has 0 bridgehead atoms. The Morgan fingerprint density at radius 1 is 1.42 bits per heavy atom. The second-order valence-electron chi connectivity index (χ2n) is 5.66. The van der Waals surface area contributed by atoms with E-state index in [1.54, 1.807) is 0 Å². The first kappa shape index (κ1) is 12.4. The number of aromatic nitrogens is 3. The molecule has 1 unspecified atom stereocenters. The van der Waals surface area contributed by atoms with Crippen molar-refractivity contribution in [1.82, 2.24) is 14.5 Å². The van der Waals surface area contributed by atoms with Gasteiger partial charge in [-0.2, -0.15) is 0 Å². The van der Waals surface area contributed by atoms with E-state index in [-0.39, 0.29) is 5.60 Å². The minimum Gasteiger partial charge on any atom is -0.383 e. The predicted molar refractivity (Wildman–Crippen MR) is 75.0 cm³/mol. The molecule has 2 aromatic heterocycles. The smallest absolute Gasteiger partial charge is 0.146 e. The maximum Gasteiger partial charge on any atom is 0.146 e. The highest BCUT2D eigenvalue weighted by molar-refractivity contribution is 5.90. The van der Waals surface area contributed by atoms with Crippen LogP contribution in [0.1, 0.15) is 31.0 Å². The second-order valence-corrected chi connectivity index (χ2v) is 5.66. The standard InChI is InChI=1S/C14H20N4O/c1-9-10(2)18(7-14(3)5-4-6-19-14)13-11(9)12(15)16-8-17-13/h8H,4-7H2,1-3H3,(H2,15,16,17). The number of fused-ring (bicyclic) bond motifs is 1. The van der Waals surface area contributed by atoms with Gasteiger partial charge in [-0.05, 0) is 39.2 Å². The molecule has 5 nitrogen and oxygen atoms in total. The normalized spacial score (nSPS) is 23.3. The van der Waals surface area contributed by atoms with Crippen LogP contribution in [0.25, 0.3) is 11.0 Å². The Labute approximate surface area is 112 Å². The zero-order chi connectivity index (χ0) is 13.6. The quantitative estimate of drug-likeness (QED) is 0.899. The molecule has 2 aromatic rings. The molecule has 102 valence electrons. The molecule has 0 amide bonds. The van der Waals surface area contributed by atoms with E-state index in [0.717, 1.165) is 42.6 Å². The summed E-state index contributed by atoms with van der Waals surface area (Å²) in [4.78, 5) is 8.51. The van der Waals surface area contributed by atoms with Crippen molar-refractivity contribution in [2.45, 2.75) is 45.8 Å². The summed E-state index contributed by atoms with van der Waals surface area (Å²) >= 11 is 0. The number of nitrogen functional groups attached to an aromatic ring is 1. The molecule has 2 N–H and O–H groups in total. The molecule has 1 fully saturated rings. The second kappa shape index (κ2) is 4.20. The van der Waals surface area contributed by atoms with Crippen molar-refractivity contribution >= 4 is 16.9 Å². The number of rotatable bonds is 2. The van der Waals surface area contributed by atoms with E-state index in [1.165, 1.54) is 12.0 Å². The van der Waals surface area contributed by atoms with Crippen LogP contribution in [0.4, 0.5) is 5.82 Å². The Bertz CT molecular complexity index is 626. The third-order valence-electron chi connectivity index (χ3n) is 4.23. The highest BCUT2D eigenvalue weighted by Gasteiger charge is 2.31. The first-order chi connectivity index (χ1) is 9.02. The van der Waals surface area contributed by atoms with Crippen molar-refractivity contribution in [2.75, 3.05) is 12.3 Å². The highest BCUT2D eigenvalue weighted by Crippen LogP contribution is 2.32. The zero-order valence-corrected chi connectivity index (χ0v) is 11.7. The fraction of sp³-hybridized carbons (Fsp3) is 0.571. The Morgan fingerprint density at radius 3 is 2.89 bits per heavy atom. The number of hydrogen-bond donors (Lipinski definition) is 1. The SMILES string of the molecule is Cc1c(C)n(CC2(C)CCCO2)c2ncnc(N)c12. The molecular weight excluding hydrogens is 240 g/mol. The molecular formula is C14H20N4O. The van der Waals surface area contributed by atoms with Crippen molar-refractivity contribution < 1.29 is 4.74 Å². The van der Waals surface area contributed by atoms with Gasteiger partial charge in [-0.25, -0.2) is 9.97 Å². The summed E-state index contributed by atoms with van der Waals surface area (Å²) in [5, 5.41) is 0.974. The summed E-state index contributed by atoms with van der Waals surface area (Å²) in [7, 11) is 0. The number of nitrogens with zero attached hydrogens (tertiary/aromatic N) is 3. The lowest BCUT2D eigenvalue weighted by molar-refractivity contribution is 0.00667. The zero-order valence-electron chi connectivity index (χ0n) is 11.7. The van der Waals surface area contributed by atoms with E-state index in [0.29, 0.717) is 5.82 Å². The molecule has 0 radical (unpaired) electrons. The van der Waals surface area contributed by atoms with Crippen LogP contribution >= 0.6 is 0 Å². The van der Waals surface area contributed by atoms with Crippen LogP contribution in [0.2, 0.25) is 0 Å². The molecule has 0 aromatic carbocycles. The molecule has 5 heteroatoms. The summed E-state index contributed by atoms with van der Waals surface area (Å²) < 4.78 is 8.11. The average molecular weight is 260 g/mol. The van der Waals surface area contributed by atoms with E-state index in [4.69, 9.17) is 10.5 Å². The number of aryl methyl sites for hydroxylation is 1. The number of nitrogens with two attached hydrogens (primary N) is 1. The molecule has 3 heterocycles. The van der Waals surface area contributed by atoms with E-state index < -0.39 is 0 Å². The monoisotopic (exact) mass is 260 g/mol. The van der Waals surface area contributed by atoms with Gasteiger partial charge >= 0.3 is 0 Å². The summed E-state index contributed by atoms with van der Waals surface area (Å²) in [6.45, 7) is 8.02. The van der Waals surface area contributed by atoms with Crippen LogP contribution in [-0.2, 0) is 11.3 Å². The van der Waals surface area contributed by atoms with Gasteiger partial charge in [0.25, 0.3) is 0 Å². The molecule has 0 saturated carbocycles. The fourth-order valence-electron chi connectivity index (χ4n) is 2.99. The fourth-order valence-corrected chi connectivity index (χ4v) is 2.99. The highest BCUT2D eigenvalue weighted by atomic mass is 16.5. The van der Waals surface area contributed by atoms with Crippen LogP contribution < -0.4 is 5.73 Å². The molecule has 3 rings (SSSR count). The third kappa shape index (κ3) is 1.89. The summed E-state index contributed by atoms with van der Waals surface area (Å²) in [6, 6.07) is 0. The molecule has 0 spiro atoms. The van der Waals surface area contributed by atoms with Gasteiger partial charge in [0.2, 0.25) is 0 Å². The Balaban J connectivity index is 2.13. The molecule has 1 atom stereocenters. The van der Waals surface area contributed by atoms with Crippen molar-refractivity contribution in [3.05, 3.63) is 17.6 Å². The maximum absolute atomic E-state index is 5.98.